The second kappa shape index (κ2) is 8.34. The summed E-state index contributed by atoms with van der Waals surface area (Å²) in [6, 6.07) is 0. The van der Waals surface area contributed by atoms with Crippen LogP contribution in [0.2, 0.25) is 0 Å². The van der Waals surface area contributed by atoms with E-state index in [0.717, 1.165) is 25.7 Å². The molecule has 0 aromatic heterocycles. The Labute approximate surface area is 163 Å². The standard InChI is InChI=1S/C22H36O5/c1-14(12-20(25)26)6-8-17-15(2)7-9-18-21(17,4)11-10-19(24)22(18,5)13-27-16(3)23/h7,14,17-19,24H,6,8-13H2,1-5H3,(H,25,26)/t14-,17-,18+,19+,21+,22+/m1/s1. The molecule has 0 spiro atoms. The molecule has 2 aliphatic rings. The van der Waals surface area contributed by atoms with Crippen LogP contribution in [0.25, 0.3) is 0 Å². The van der Waals surface area contributed by atoms with Gasteiger partial charge in [0.1, 0.15) is 0 Å². The van der Waals surface area contributed by atoms with Gasteiger partial charge in [-0.2, -0.15) is 0 Å². The first-order chi connectivity index (χ1) is 12.5. The molecule has 2 aliphatic carbocycles. The predicted octanol–water partition coefficient (Wildman–Crippen LogP) is 4.19. The number of hydrogen-bond acceptors (Lipinski definition) is 4. The summed E-state index contributed by atoms with van der Waals surface area (Å²) in [6.07, 6.45) is 6.39. The molecule has 27 heavy (non-hydrogen) atoms. The normalized spacial score (nSPS) is 37.1. The minimum absolute atomic E-state index is 0.0237. The van der Waals surface area contributed by atoms with Crippen molar-refractivity contribution in [3.05, 3.63) is 11.6 Å². The fourth-order valence-electron chi connectivity index (χ4n) is 5.72. The van der Waals surface area contributed by atoms with Crippen LogP contribution in [0.15, 0.2) is 11.6 Å². The third-order valence-corrected chi connectivity index (χ3v) is 7.39. The molecule has 154 valence electrons. The van der Waals surface area contributed by atoms with E-state index >= 15 is 0 Å². The van der Waals surface area contributed by atoms with Crippen molar-refractivity contribution in [2.24, 2.45) is 28.6 Å². The third-order valence-electron chi connectivity index (χ3n) is 7.39. The van der Waals surface area contributed by atoms with Crippen molar-refractivity contribution in [2.75, 3.05) is 6.61 Å². The summed E-state index contributed by atoms with van der Waals surface area (Å²) >= 11 is 0. The highest BCUT2D eigenvalue weighted by Crippen LogP contribution is 2.60. The van der Waals surface area contributed by atoms with Crippen molar-refractivity contribution in [2.45, 2.75) is 79.2 Å². The molecule has 5 heteroatoms. The van der Waals surface area contributed by atoms with E-state index < -0.39 is 17.5 Å². The van der Waals surface area contributed by atoms with E-state index in [4.69, 9.17) is 9.84 Å². The Kier molecular flexibility index (Phi) is 6.77. The lowest BCUT2D eigenvalue weighted by Crippen LogP contribution is -2.57. The van der Waals surface area contributed by atoms with E-state index in [1.807, 2.05) is 6.92 Å². The smallest absolute Gasteiger partial charge is 0.303 e. The van der Waals surface area contributed by atoms with Crippen LogP contribution in [0.5, 0.6) is 0 Å². The number of aliphatic hydroxyl groups excluding tert-OH is 1. The number of fused-ring (bicyclic) bond motifs is 1. The van der Waals surface area contributed by atoms with E-state index in [1.54, 1.807) is 0 Å². The van der Waals surface area contributed by atoms with Crippen molar-refractivity contribution in [3.63, 3.8) is 0 Å². The summed E-state index contributed by atoms with van der Waals surface area (Å²) < 4.78 is 5.37. The van der Waals surface area contributed by atoms with Crippen molar-refractivity contribution >= 4 is 11.9 Å². The molecule has 2 rings (SSSR count). The number of carbonyl (C=O) groups excluding carboxylic acids is 1. The summed E-state index contributed by atoms with van der Waals surface area (Å²) in [5.41, 5.74) is 0.943. The fraction of sp³-hybridized carbons (Fsp3) is 0.818. The van der Waals surface area contributed by atoms with Crippen molar-refractivity contribution in [1.29, 1.82) is 0 Å². The largest absolute Gasteiger partial charge is 0.481 e. The lowest BCUT2D eigenvalue weighted by atomic mass is 9.47. The Morgan fingerprint density at radius 3 is 2.63 bits per heavy atom. The summed E-state index contributed by atoms with van der Waals surface area (Å²) in [5.74, 6) is -0.288. The number of carboxylic acids is 1. The van der Waals surface area contributed by atoms with Gasteiger partial charge in [0.25, 0.3) is 0 Å². The van der Waals surface area contributed by atoms with Crippen molar-refractivity contribution in [3.8, 4) is 0 Å². The molecule has 0 heterocycles. The average molecular weight is 381 g/mol. The molecule has 0 aromatic carbocycles. The molecule has 1 saturated carbocycles. The van der Waals surface area contributed by atoms with E-state index in [-0.39, 0.29) is 36.2 Å². The SMILES string of the molecule is CC(=O)OC[C@@]1(C)[C@H]2CC=C(C)[C@@H](CC[C@@H](C)CC(=O)O)[C@]2(C)CC[C@@H]1O. The zero-order valence-corrected chi connectivity index (χ0v) is 17.5. The summed E-state index contributed by atoms with van der Waals surface area (Å²) in [4.78, 5) is 22.4. The van der Waals surface area contributed by atoms with Crippen LogP contribution in [0.3, 0.4) is 0 Å². The van der Waals surface area contributed by atoms with Gasteiger partial charge in [0.2, 0.25) is 0 Å². The highest BCUT2D eigenvalue weighted by Gasteiger charge is 2.57. The van der Waals surface area contributed by atoms with Crippen LogP contribution in [0, 0.1) is 28.6 Å². The molecule has 6 atom stereocenters. The molecule has 0 aromatic rings. The van der Waals surface area contributed by atoms with E-state index in [0.29, 0.717) is 12.3 Å². The number of aliphatic carboxylic acids is 1. The van der Waals surface area contributed by atoms with Crippen LogP contribution < -0.4 is 0 Å². The lowest BCUT2D eigenvalue weighted by molar-refractivity contribution is -0.169. The van der Waals surface area contributed by atoms with Gasteiger partial charge in [0, 0.05) is 18.8 Å². The van der Waals surface area contributed by atoms with Crippen LogP contribution in [0.1, 0.15) is 73.1 Å². The molecule has 2 N–H and O–H groups in total. The van der Waals surface area contributed by atoms with Gasteiger partial charge in [-0.05, 0) is 62.2 Å². The van der Waals surface area contributed by atoms with Gasteiger partial charge in [-0.25, -0.2) is 0 Å². The van der Waals surface area contributed by atoms with Gasteiger partial charge in [-0.3, -0.25) is 9.59 Å². The van der Waals surface area contributed by atoms with E-state index in [1.165, 1.54) is 12.5 Å². The number of rotatable bonds is 7. The van der Waals surface area contributed by atoms with Crippen LogP contribution in [-0.2, 0) is 14.3 Å². The number of esters is 1. The maximum absolute atomic E-state index is 11.4. The second-order valence-electron chi connectivity index (χ2n) is 9.42. The van der Waals surface area contributed by atoms with Crippen molar-refractivity contribution in [1.82, 2.24) is 0 Å². The summed E-state index contributed by atoms with van der Waals surface area (Å²) in [5, 5.41) is 19.8. The maximum Gasteiger partial charge on any atom is 0.303 e. The van der Waals surface area contributed by atoms with Gasteiger partial charge >= 0.3 is 11.9 Å². The Morgan fingerprint density at radius 1 is 1.37 bits per heavy atom. The Balaban J connectivity index is 2.23. The van der Waals surface area contributed by atoms with E-state index in [2.05, 4.69) is 26.8 Å². The molecular weight excluding hydrogens is 344 g/mol. The highest BCUT2D eigenvalue weighted by atomic mass is 16.5. The van der Waals surface area contributed by atoms with Gasteiger partial charge in [-0.15, -0.1) is 0 Å². The van der Waals surface area contributed by atoms with Gasteiger partial charge in [-0.1, -0.05) is 32.4 Å². The minimum Gasteiger partial charge on any atom is -0.481 e. The third kappa shape index (κ3) is 4.56. The topological polar surface area (TPSA) is 83.8 Å². The minimum atomic E-state index is -0.739. The number of carboxylic acid groups (broad SMARTS) is 1. The molecule has 1 fully saturated rings. The second-order valence-corrected chi connectivity index (χ2v) is 9.42. The highest BCUT2D eigenvalue weighted by molar-refractivity contribution is 5.67. The molecular formula is C22H36O5. The first-order valence-corrected chi connectivity index (χ1v) is 10.2. The maximum atomic E-state index is 11.4. The van der Waals surface area contributed by atoms with Gasteiger partial charge < -0.3 is 14.9 Å². The first kappa shape index (κ1) is 21.9. The van der Waals surface area contributed by atoms with E-state index in [9.17, 15) is 14.7 Å². The molecule has 0 bridgehead atoms. The number of hydrogen-bond donors (Lipinski definition) is 2. The van der Waals surface area contributed by atoms with Crippen LogP contribution >= 0.6 is 0 Å². The Bertz CT molecular complexity index is 598. The predicted molar refractivity (Wildman–Crippen MR) is 104 cm³/mol. The fourth-order valence-corrected chi connectivity index (χ4v) is 5.72. The molecule has 0 unspecified atom stereocenters. The lowest BCUT2D eigenvalue weighted by Gasteiger charge is -2.59. The molecule has 0 amide bonds. The zero-order chi connectivity index (χ0) is 20.4. The molecule has 0 aliphatic heterocycles. The monoisotopic (exact) mass is 380 g/mol. The van der Waals surface area contributed by atoms with Crippen LogP contribution in [-0.4, -0.2) is 34.9 Å². The molecule has 5 nitrogen and oxygen atoms in total. The number of carbonyl (C=O) groups is 2. The Hall–Kier alpha value is -1.36. The Morgan fingerprint density at radius 2 is 2.04 bits per heavy atom. The first-order valence-electron chi connectivity index (χ1n) is 10.2. The zero-order valence-electron chi connectivity index (χ0n) is 17.5. The van der Waals surface area contributed by atoms with Gasteiger partial charge in [0.15, 0.2) is 0 Å². The van der Waals surface area contributed by atoms with Crippen molar-refractivity contribution < 1.29 is 24.5 Å². The number of allylic oxidation sites excluding steroid dienone is 2. The summed E-state index contributed by atoms with van der Waals surface area (Å²) in [7, 11) is 0. The van der Waals surface area contributed by atoms with Crippen LogP contribution in [0.4, 0.5) is 0 Å². The quantitative estimate of drug-likeness (QED) is 0.511. The average Bonchev–Trinajstić information content (AvgIpc) is 2.55. The number of aliphatic hydroxyl groups is 1. The summed E-state index contributed by atoms with van der Waals surface area (Å²) in [6.45, 7) is 10.2. The van der Waals surface area contributed by atoms with Gasteiger partial charge in [0.05, 0.1) is 12.7 Å². The number of ether oxygens (including phenoxy) is 1. The molecule has 0 radical (unpaired) electrons. The molecule has 0 saturated heterocycles.